The third kappa shape index (κ3) is 4.37. The Balaban J connectivity index is 1.80. The van der Waals surface area contributed by atoms with Gasteiger partial charge in [-0.25, -0.2) is 4.98 Å². The number of hydrogen-bond acceptors (Lipinski definition) is 6. The van der Waals surface area contributed by atoms with E-state index in [1.54, 1.807) is 12.1 Å². The molecule has 27 heavy (non-hydrogen) atoms. The van der Waals surface area contributed by atoms with Gasteiger partial charge in [0, 0.05) is 35.0 Å². The van der Waals surface area contributed by atoms with Crippen LogP contribution in [0.2, 0.25) is 0 Å². The van der Waals surface area contributed by atoms with Crippen LogP contribution >= 0.6 is 11.3 Å². The number of benzene rings is 2. The van der Waals surface area contributed by atoms with Gasteiger partial charge in [0.15, 0.2) is 0 Å². The topological polar surface area (TPSA) is 91.8 Å². The molecule has 0 aliphatic rings. The number of nitro benzene ring substituents is 1. The second kappa shape index (κ2) is 8.25. The Morgan fingerprint density at radius 2 is 2.11 bits per heavy atom. The fraction of sp³-hybridized carbons (Fsp3) is 0.100. The number of aryl methyl sites for hydroxylation is 1. The predicted octanol–water partition coefficient (Wildman–Crippen LogP) is 5.26. The summed E-state index contributed by atoms with van der Waals surface area (Å²) in [6.07, 6.45) is 2.50. The number of thiazole rings is 1. The number of nitrogens with zero attached hydrogens (tertiary/aromatic N) is 3. The maximum Gasteiger partial charge on any atom is 0.271 e. The van der Waals surface area contributed by atoms with Crippen LogP contribution in [0.4, 0.5) is 11.4 Å². The van der Waals surface area contributed by atoms with Crippen molar-refractivity contribution in [1.82, 2.24) is 4.98 Å². The average molecular weight is 376 g/mol. The molecule has 0 aliphatic heterocycles. The molecule has 134 valence electrons. The van der Waals surface area contributed by atoms with Crippen LogP contribution in [0, 0.1) is 21.4 Å². The molecule has 0 unspecified atom stereocenters. The van der Waals surface area contributed by atoms with Crippen molar-refractivity contribution in [2.45, 2.75) is 13.3 Å². The molecule has 0 saturated carbocycles. The van der Waals surface area contributed by atoms with Gasteiger partial charge >= 0.3 is 0 Å². The van der Waals surface area contributed by atoms with Crippen molar-refractivity contribution in [3.8, 4) is 17.3 Å². The molecule has 0 aliphatic carbocycles. The van der Waals surface area contributed by atoms with E-state index < -0.39 is 4.92 Å². The van der Waals surface area contributed by atoms with Gasteiger partial charge in [-0.15, -0.1) is 11.3 Å². The molecule has 0 fully saturated rings. The minimum absolute atomic E-state index is 0.0148. The first kappa shape index (κ1) is 18.3. The summed E-state index contributed by atoms with van der Waals surface area (Å²) >= 11 is 1.38. The molecule has 3 rings (SSSR count). The molecule has 6 nitrogen and oxygen atoms in total. The van der Waals surface area contributed by atoms with Crippen LogP contribution in [-0.2, 0) is 6.42 Å². The van der Waals surface area contributed by atoms with Crippen LogP contribution in [0.3, 0.4) is 0 Å². The van der Waals surface area contributed by atoms with Crippen LogP contribution in [0.25, 0.3) is 16.8 Å². The number of nitro groups is 1. The van der Waals surface area contributed by atoms with Crippen LogP contribution in [0.5, 0.6) is 0 Å². The molecule has 0 saturated heterocycles. The van der Waals surface area contributed by atoms with Crippen LogP contribution in [0.15, 0.2) is 60.1 Å². The Hall–Kier alpha value is -3.50. The lowest BCUT2D eigenvalue weighted by molar-refractivity contribution is -0.384. The van der Waals surface area contributed by atoms with Crippen molar-refractivity contribution in [2.24, 2.45) is 0 Å². The van der Waals surface area contributed by atoms with E-state index in [1.165, 1.54) is 35.2 Å². The van der Waals surface area contributed by atoms with Crippen LogP contribution in [-0.4, -0.2) is 9.91 Å². The van der Waals surface area contributed by atoms with E-state index in [1.807, 2.05) is 17.5 Å². The predicted molar refractivity (Wildman–Crippen MR) is 107 cm³/mol. The minimum atomic E-state index is -0.461. The van der Waals surface area contributed by atoms with Crippen molar-refractivity contribution in [2.75, 3.05) is 5.32 Å². The maximum absolute atomic E-state index is 10.8. The highest BCUT2D eigenvalue weighted by Gasteiger charge is 2.10. The summed E-state index contributed by atoms with van der Waals surface area (Å²) in [6, 6.07) is 16.4. The van der Waals surface area contributed by atoms with Gasteiger partial charge in [0.25, 0.3) is 5.69 Å². The zero-order chi connectivity index (χ0) is 19.2. The Kier molecular flexibility index (Phi) is 5.59. The molecule has 2 aromatic carbocycles. The number of allylic oxidation sites excluding steroid dienone is 1. The lowest BCUT2D eigenvalue weighted by Gasteiger charge is -2.01. The van der Waals surface area contributed by atoms with Crippen molar-refractivity contribution in [1.29, 1.82) is 5.26 Å². The zero-order valence-corrected chi connectivity index (χ0v) is 15.4. The lowest BCUT2D eigenvalue weighted by Crippen LogP contribution is -1.93. The molecule has 0 radical (unpaired) electrons. The summed E-state index contributed by atoms with van der Waals surface area (Å²) in [5, 5.41) is 25.7. The van der Waals surface area contributed by atoms with Gasteiger partial charge in [0.2, 0.25) is 0 Å². The number of anilines is 1. The number of nitriles is 1. The molecule has 1 aromatic heterocycles. The molecule has 0 spiro atoms. The summed E-state index contributed by atoms with van der Waals surface area (Å²) < 4.78 is 0. The van der Waals surface area contributed by atoms with Gasteiger partial charge in [-0.1, -0.05) is 37.3 Å². The quantitative estimate of drug-likeness (QED) is 0.360. The fourth-order valence-corrected chi connectivity index (χ4v) is 3.24. The zero-order valence-electron chi connectivity index (χ0n) is 14.5. The summed E-state index contributed by atoms with van der Waals surface area (Å²) in [6.45, 7) is 2.11. The normalized spacial score (nSPS) is 11.0. The van der Waals surface area contributed by atoms with Crippen molar-refractivity contribution in [3.05, 3.63) is 80.8 Å². The Bertz CT molecular complexity index is 1030. The van der Waals surface area contributed by atoms with Gasteiger partial charge in [0.1, 0.15) is 16.6 Å². The van der Waals surface area contributed by atoms with E-state index in [9.17, 15) is 15.4 Å². The summed E-state index contributed by atoms with van der Waals surface area (Å²) in [4.78, 5) is 14.9. The molecule has 7 heteroatoms. The Morgan fingerprint density at radius 1 is 1.33 bits per heavy atom. The van der Waals surface area contributed by atoms with Crippen molar-refractivity contribution >= 4 is 28.3 Å². The largest absolute Gasteiger partial charge is 0.360 e. The fourth-order valence-electron chi connectivity index (χ4n) is 2.45. The number of nitrogens with one attached hydrogen (secondary N) is 1. The van der Waals surface area contributed by atoms with Crippen LogP contribution in [0.1, 0.15) is 17.5 Å². The highest BCUT2D eigenvalue weighted by molar-refractivity contribution is 7.11. The number of non-ortho nitro benzene ring substituents is 1. The third-order valence-electron chi connectivity index (χ3n) is 3.95. The van der Waals surface area contributed by atoms with Gasteiger partial charge in [-0.2, -0.15) is 5.26 Å². The Morgan fingerprint density at radius 3 is 2.78 bits per heavy atom. The second-order valence-corrected chi connectivity index (χ2v) is 6.57. The van der Waals surface area contributed by atoms with Gasteiger partial charge in [-0.3, -0.25) is 10.1 Å². The van der Waals surface area contributed by atoms with Gasteiger partial charge in [0.05, 0.1) is 10.6 Å². The molecule has 0 amide bonds. The highest BCUT2D eigenvalue weighted by atomic mass is 32.1. The summed E-state index contributed by atoms with van der Waals surface area (Å²) in [7, 11) is 0. The smallest absolute Gasteiger partial charge is 0.271 e. The summed E-state index contributed by atoms with van der Waals surface area (Å²) in [5.41, 5.74) is 3.95. The lowest BCUT2D eigenvalue weighted by atomic mass is 10.1. The highest BCUT2D eigenvalue weighted by Crippen LogP contribution is 2.26. The van der Waals surface area contributed by atoms with E-state index in [2.05, 4.69) is 35.4 Å². The van der Waals surface area contributed by atoms with Crippen molar-refractivity contribution in [3.63, 3.8) is 0 Å². The molecule has 3 aromatic rings. The van der Waals surface area contributed by atoms with E-state index in [4.69, 9.17) is 0 Å². The number of aromatic nitrogens is 1. The molecular formula is C20H16N4O2S. The minimum Gasteiger partial charge on any atom is -0.360 e. The monoisotopic (exact) mass is 376 g/mol. The molecule has 1 N–H and O–H groups in total. The number of rotatable bonds is 6. The maximum atomic E-state index is 10.8. The summed E-state index contributed by atoms with van der Waals surface area (Å²) in [5.74, 6) is 0. The Labute approximate surface area is 160 Å². The van der Waals surface area contributed by atoms with E-state index in [0.29, 0.717) is 16.3 Å². The second-order valence-electron chi connectivity index (χ2n) is 5.71. The average Bonchev–Trinajstić information content (AvgIpc) is 3.19. The third-order valence-corrected chi connectivity index (χ3v) is 4.83. The van der Waals surface area contributed by atoms with Gasteiger partial charge < -0.3 is 5.32 Å². The van der Waals surface area contributed by atoms with E-state index >= 15 is 0 Å². The first-order valence-corrected chi connectivity index (χ1v) is 9.15. The molecule has 1 heterocycles. The first-order valence-electron chi connectivity index (χ1n) is 8.27. The van der Waals surface area contributed by atoms with E-state index in [-0.39, 0.29) is 5.69 Å². The SMILES string of the molecule is CCc1ccc(-c2csc(/C(C#N)=C/Nc3cccc([N+](=O)[O-])c3)n2)cc1. The standard InChI is InChI=1S/C20H16N4O2S/c1-2-14-6-8-15(9-7-14)19-13-27-20(23-19)16(11-21)12-22-17-4-3-5-18(10-17)24(25)26/h3-10,12-13,22H,2H2,1H3/b16-12+. The number of hydrogen-bond donors (Lipinski definition) is 1. The first-order chi connectivity index (χ1) is 13.1. The van der Waals surface area contributed by atoms with E-state index in [0.717, 1.165) is 17.7 Å². The molecule has 0 atom stereocenters. The molecular weight excluding hydrogens is 360 g/mol. The van der Waals surface area contributed by atoms with Gasteiger partial charge in [-0.05, 0) is 18.1 Å². The van der Waals surface area contributed by atoms with Crippen LogP contribution < -0.4 is 5.32 Å². The van der Waals surface area contributed by atoms with Crippen molar-refractivity contribution < 1.29 is 4.92 Å². The molecule has 0 bridgehead atoms.